The summed E-state index contributed by atoms with van der Waals surface area (Å²) in [6, 6.07) is 20.9. The van der Waals surface area contributed by atoms with Crippen molar-refractivity contribution < 1.29 is 13.2 Å². The molecule has 2 aromatic heterocycles. The van der Waals surface area contributed by atoms with Crippen LogP contribution in [0, 0.1) is 13.8 Å². The normalized spacial score (nSPS) is 20.6. The number of anilines is 1. The number of nitrogens with zero attached hydrogens (tertiary/aromatic N) is 5. The molecule has 1 N–H and O–H groups in total. The zero-order chi connectivity index (χ0) is 27.7. The molecule has 2 aromatic carbocycles. The highest BCUT2D eigenvalue weighted by atomic mass is 32.2. The molecule has 0 spiro atoms. The highest BCUT2D eigenvalue weighted by Crippen LogP contribution is 2.30. The number of rotatable bonds is 3. The number of fused-ring (bicyclic) bond motifs is 6. The second-order valence-corrected chi connectivity index (χ2v) is 12.1. The fraction of sp³-hybridized carbons (Fsp3) is 0.300. The van der Waals surface area contributed by atoms with Crippen LogP contribution in [-0.4, -0.2) is 65.5 Å². The van der Waals surface area contributed by atoms with Crippen molar-refractivity contribution in [3.05, 3.63) is 95.3 Å². The van der Waals surface area contributed by atoms with E-state index < -0.39 is 10.0 Å². The summed E-state index contributed by atoms with van der Waals surface area (Å²) < 4.78 is 36.0. The summed E-state index contributed by atoms with van der Waals surface area (Å²) in [5.74, 6) is 0.316. The molecule has 0 radical (unpaired) electrons. The minimum absolute atomic E-state index is 0.0179. The van der Waals surface area contributed by atoms with Crippen molar-refractivity contribution >= 4 is 16.0 Å². The molecule has 6 bridgehead atoms. The number of sulfonamides is 1. The van der Waals surface area contributed by atoms with Crippen LogP contribution >= 0.6 is 0 Å². The molecule has 40 heavy (non-hydrogen) atoms. The minimum Gasteiger partial charge on any atom is -0.471 e. The molecule has 10 heteroatoms. The van der Waals surface area contributed by atoms with E-state index in [-0.39, 0.29) is 16.9 Å². The SMILES string of the molecule is Cc1cccc(C)c1-c1cc2nc(n1)NS(=O)(=O)c1cccc(c1)CN1CCN(Cc3ccccn3)CC(C1)O2. The molecular formula is C30H32N6O3S. The fourth-order valence-corrected chi connectivity index (χ4v) is 6.49. The number of aryl methyl sites for hydroxylation is 2. The smallest absolute Gasteiger partial charge is 0.264 e. The van der Waals surface area contributed by atoms with Gasteiger partial charge in [-0.1, -0.05) is 36.4 Å². The predicted octanol–water partition coefficient (Wildman–Crippen LogP) is 4.04. The van der Waals surface area contributed by atoms with E-state index in [1.807, 2.05) is 68.6 Å². The minimum atomic E-state index is -3.91. The topological polar surface area (TPSA) is 101 Å². The molecule has 2 aliphatic heterocycles. The number of nitrogens with one attached hydrogen (secondary N) is 1. The van der Waals surface area contributed by atoms with Crippen LogP contribution in [0.25, 0.3) is 11.3 Å². The van der Waals surface area contributed by atoms with Crippen LogP contribution in [0.15, 0.2) is 77.8 Å². The van der Waals surface area contributed by atoms with E-state index in [1.54, 1.807) is 18.2 Å². The van der Waals surface area contributed by atoms with Crippen molar-refractivity contribution in [3.8, 4) is 17.1 Å². The quantitative estimate of drug-likeness (QED) is 0.404. The Hall–Kier alpha value is -3.86. The molecule has 4 aromatic rings. The van der Waals surface area contributed by atoms with Gasteiger partial charge in [0.1, 0.15) is 6.10 Å². The Morgan fingerprint density at radius 3 is 2.58 bits per heavy atom. The van der Waals surface area contributed by atoms with Crippen molar-refractivity contribution in [1.82, 2.24) is 24.8 Å². The van der Waals surface area contributed by atoms with E-state index in [4.69, 9.17) is 4.74 Å². The second-order valence-electron chi connectivity index (χ2n) is 10.5. The lowest BCUT2D eigenvalue weighted by Crippen LogP contribution is -2.38. The van der Waals surface area contributed by atoms with E-state index >= 15 is 0 Å². The van der Waals surface area contributed by atoms with Gasteiger partial charge in [-0.25, -0.2) is 18.1 Å². The van der Waals surface area contributed by atoms with Crippen molar-refractivity contribution in [2.75, 3.05) is 30.9 Å². The number of benzene rings is 2. The monoisotopic (exact) mass is 556 g/mol. The first kappa shape index (κ1) is 26.4. The van der Waals surface area contributed by atoms with Gasteiger partial charge in [-0.3, -0.25) is 14.8 Å². The van der Waals surface area contributed by atoms with Gasteiger partial charge >= 0.3 is 0 Å². The van der Waals surface area contributed by atoms with E-state index in [0.29, 0.717) is 37.8 Å². The molecule has 1 fully saturated rings. The molecule has 0 saturated carbocycles. The lowest BCUT2D eigenvalue weighted by molar-refractivity contribution is 0.121. The second kappa shape index (κ2) is 11.0. The van der Waals surface area contributed by atoms with Gasteiger partial charge in [0.15, 0.2) is 0 Å². The van der Waals surface area contributed by atoms with Crippen LogP contribution in [0.4, 0.5) is 5.95 Å². The molecule has 6 rings (SSSR count). The molecule has 4 heterocycles. The first-order valence-electron chi connectivity index (χ1n) is 13.4. The van der Waals surface area contributed by atoms with Gasteiger partial charge in [0.05, 0.1) is 16.3 Å². The fourth-order valence-electron chi connectivity index (χ4n) is 5.48. The number of hydrogen-bond acceptors (Lipinski definition) is 8. The maximum atomic E-state index is 13.4. The van der Waals surface area contributed by atoms with Crippen LogP contribution in [-0.2, 0) is 23.1 Å². The molecule has 2 aliphatic rings. The van der Waals surface area contributed by atoms with Gasteiger partial charge in [0, 0.05) is 57.1 Å². The average Bonchev–Trinajstić information content (AvgIpc) is 3.09. The molecule has 0 amide bonds. The summed E-state index contributed by atoms with van der Waals surface area (Å²) in [7, 11) is -3.91. The summed E-state index contributed by atoms with van der Waals surface area (Å²) in [6.45, 7) is 8.34. The summed E-state index contributed by atoms with van der Waals surface area (Å²) in [5.41, 5.74) is 5.53. The number of pyridine rings is 1. The van der Waals surface area contributed by atoms with Crippen molar-refractivity contribution in [1.29, 1.82) is 0 Å². The third-order valence-electron chi connectivity index (χ3n) is 7.34. The van der Waals surface area contributed by atoms with E-state index in [0.717, 1.165) is 41.0 Å². The Balaban J connectivity index is 1.43. The molecule has 1 saturated heterocycles. The van der Waals surface area contributed by atoms with Gasteiger partial charge in [-0.05, 0) is 54.8 Å². The number of ether oxygens (including phenoxy) is 1. The number of hydrogen-bond donors (Lipinski definition) is 1. The highest BCUT2D eigenvalue weighted by molar-refractivity contribution is 7.92. The molecule has 0 aliphatic carbocycles. The van der Waals surface area contributed by atoms with Gasteiger partial charge in [0.25, 0.3) is 10.0 Å². The number of aromatic nitrogens is 3. The Morgan fingerprint density at radius 2 is 1.77 bits per heavy atom. The maximum Gasteiger partial charge on any atom is 0.264 e. The molecule has 9 nitrogen and oxygen atoms in total. The zero-order valence-corrected chi connectivity index (χ0v) is 23.4. The Bertz CT molecular complexity index is 1610. The maximum absolute atomic E-state index is 13.4. The summed E-state index contributed by atoms with van der Waals surface area (Å²) in [6.07, 6.45) is 1.61. The van der Waals surface area contributed by atoms with Crippen LogP contribution < -0.4 is 9.46 Å². The van der Waals surface area contributed by atoms with E-state index in [9.17, 15) is 8.42 Å². The molecule has 206 valence electrons. The van der Waals surface area contributed by atoms with Crippen LogP contribution in [0.5, 0.6) is 5.88 Å². The molecule has 2 unspecified atom stereocenters. The van der Waals surface area contributed by atoms with Crippen LogP contribution in [0.2, 0.25) is 0 Å². The van der Waals surface area contributed by atoms with Gasteiger partial charge in [-0.2, -0.15) is 4.98 Å². The third kappa shape index (κ3) is 5.84. The van der Waals surface area contributed by atoms with Crippen molar-refractivity contribution in [2.24, 2.45) is 0 Å². The van der Waals surface area contributed by atoms with E-state index in [1.165, 1.54) is 0 Å². The zero-order valence-electron chi connectivity index (χ0n) is 22.6. The van der Waals surface area contributed by atoms with Gasteiger partial charge < -0.3 is 4.74 Å². The van der Waals surface area contributed by atoms with Crippen molar-refractivity contribution in [3.63, 3.8) is 0 Å². The lowest BCUT2D eigenvalue weighted by atomic mass is 10.00. The molecule has 2 atom stereocenters. The summed E-state index contributed by atoms with van der Waals surface area (Å²) in [5, 5.41) is 0. The van der Waals surface area contributed by atoms with Gasteiger partial charge in [-0.15, -0.1) is 0 Å². The summed E-state index contributed by atoms with van der Waals surface area (Å²) >= 11 is 0. The summed E-state index contributed by atoms with van der Waals surface area (Å²) in [4.78, 5) is 18.5. The van der Waals surface area contributed by atoms with Gasteiger partial charge in [0.2, 0.25) is 11.8 Å². The van der Waals surface area contributed by atoms with E-state index in [2.05, 4.69) is 29.5 Å². The third-order valence-corrected chi connectivity index (χ3v) is 8.66. The van der Waals surface area contributed by atoms with Crippen molar-refractivity contribution in [2.45, 2.75) is 37.9 Å². The Morgan fingerprint density at radius 1 is 0.950 bits per heavy atom. The van der Waals surface area contributed by atoms with Crippen LogP contribution in [0.3, 0.4) is 0 Å². The first-order valence-corrected chi connectivity index (χ1v) is 14.9. The standard InChI is InChI=1S/C30H32N6O3S/c1-21-7-5-8-22(2)29(21)27-16-28-33-30(32-27)34-40(37,38)26-11-6-9-23(15-26)17-35-13-14-36(20-25(19-35)39-28)18-24-10-3-4-12-31-24/h3-12,15-16,25H,13-14,17-20H2,1-2H3,(H,32,33,34). The molecular weight excluding hydrogens is 524 g/mol. The lowest BCUT2D eigenvalue weighted by Gasteiger charge is -2.25. The Labute approximate surface area is 234 Å². The first-order chi connectivity index (χ1) is 19.3. The largest absolute Gasteiger partial charge is 0.471 e. The Kier molecular flexibility index (Phi) is 7.22. The van der Waals surface area contributed by atoms with Crippen LogP contribution in [0.1, 0.15) is 22.4 Å². The predicted molar refractivity (Wildman–Crippen MR) is 153 cm³/mol. The average molecular weight is 557 g/mol. The highest BCUT2D eigenvalue weighted by Gasteiger charge is 2.27.